The Hall–Kier alpha value is -0.540. The van der Waals surface area contributed by atoms with E-state index in [1.54, 1.807) is 0 Å². The van der Waals surface area contributed by atoms with E-state index in [1.807, 2.05) is 0 Å². The standard InChI is InChI=1S/C17H27BrN2/c1-12(2)19-10-15-5-6-16(9-17(15)18)20-8-7-13(3)14(4)11-20/h5-6,9,12-14,19H,7-8,10-11H2,1-4H3. The highest BCUT2D eigenvalue weighted by molar-refractivity contribution is 9.10. The van der Waals surface area contributed by atoms with E-state index in [-0.39, 0.29) is 0 Å². The molecule has 20 heavy (non-hydrogen) atoms. The molecule has 0 aliphatic carbocycles. The monoisotopic (exact) mass is 338 g/mol. The summed E-state index contributed by atoms with van der Waals surface area (Å²) in [6.07, 6.45) is 1.30. The Morgan fingerprint density at radius 1 is 1.30 bits per heavy atom. The first-order chi connectivity index (χ1) is 9.47. The average molecular weight is 339 g/mol. The van der Waals surface area contributed by atoms with Crippen LogP contribution >= 0.6 is 15.9 Å². The summed E-state index contributed by atoms with van der Waals surface area (Å²) in [6.45, 7) is 12.4. The van der Waals surface area contributed by atoms with Crippen LogP contribution in [0.1, 0.15) is 39.7 Å². The lowest BCUT2D eigenvalue weighted by atomic mass is 9.88. The summed E-state index contributed by atoms with van der Waals surface area (Å²) in [5, 5.41) is 3.47. The average Bonchev–Trinajstić information content (AvgIpc) is 2.40. The summed E-state index contributed by atoms with van der Waals surface area (Å²) in [5.74, 6) is 1.63. The molecule has 112 valence electrons. The first kappa shape index (κ1) is 15.8. The second kappa shape index (κ2) is 6.95. The third-order valence-corrected chi connectivity index (χ3v) is 5.17. The molecule has 2 unspecified atom stereocenters. The van der Waals surface area contributed by atoms with Gasteiger partial charge < -0.3 is 10.2 Å². The van der Waals surface area contributed by atoms with Gasteiger partial charge in [0.05, 0.1) is 0 Å². The number of benzene rings is 1. The molecule has 1 fully saturated rings. The molecule has 1 heterocycles. The van der Waals surface area contributed by atoms with Crippen molar-refractivity contribution in [3.63, 3.8) is 0 Å². The van der Waals surface area contributed by atoms with Gasteiger partial charge in [-0.3, -0.25) is 0 Å². The van der Waals surface area contributed by atoms with Gasteiger partial charge in [-0.25, -0.2) is 0 Å². The van der Waals surface area contributed by atoms with Crippen molar-refractivity contribution in [1.82, 2.24) is 5.32 Å². The highest BCUT2D eigenvalue weighted by atomic mass is 79.9. The highest BCUT2D eigenvalue weighted by Crippen LogP contribution is 2.30. The highest BCUT2D eigenvalue weighted by Gasteiger charge is 2.23. The van der Waals surface area contributed by atoms with Crippen molar-refractivity contribution in [1.29, 1.82) is 0 Å². The Kier molecular flexibility index (Phi) is 5.50. The number of nitrogens with one attached hydrogen (secondary N) is 1. The molecule has 1 aliphatic heterocycles. The molecular formula is C17H27BrN2. The van der Waals surface area contributed by atoms with Crippen LogP contribution in [0.2, 0.25) is 0 Å². The molecule has 0 bridgehead atoms. The molecule has 2 nitrogen and oxygen atoms in total. The van der Waals surface area contributed by atoms with Crippen LogP contribution in [-0.2, 0) is 6.54 Å². The first-order valence-corrected chi connectivity index (χ1v) is 8.53. The van der Waals surface area contributed by atoms with Crippen molar-refractivity contribution in [2.75, 3.05) is 18.0 Å². The minimum Gasteiger partial charge on any atom is -0.371 e. The van der Waals surface area contributed by atoms with Crippen LogP contribution < -0.4 is 10.2 Å². The van der Waals surface area contributed by atoms with E-state index < -0.39 is 0 Å². The lowest BCUT2D eigenvalue weighted by Gasteiger charge is -2.37. The van der Waals surface area contributed by atoms with Crippen LogP contribution in [0, 0.1) is 11.8 Å². The molecule has 0 radical (unpaired) electrons. The third-order valence-electron chi connectivity index (χ3n) is 4.44. The minimum atomic E-state index is 0.519. The molecular weight excluding hydrogens is 312 g/mol. The fourth-order valence-corrected chi connectivity index (χ4v) is 3.19. The van der Waals surface area contributed by atoms with Crippen molar-refractivity contribution in [3.05, 3.63) is 28.2 Å². The topological polar surface area (TPSA) is 15.3 Å². The molecule has 0 amide bonds. The number of hydrogen-bond donors (Lipinski definition) is 1. The van der Waals surface area contributed by atoms with Crippen molar-refractivity contribution >= 4 is 21.6 Å². The minimum absolute atomic E-state index is 0.519. The summed E-state index contributed by atoms with van der Waals surface area (Å²) in [5.41, 5.74) is 2.68. The Bertz CT molecular complexity index is 445. The van der Waals surface area contributed by atoms with Crippen molar-refractivity contribution in [2.24, 2.45) is 11.8 Å². The van der Waals surface area contributed by atoms with Gasteiger partial charge in [-0.15, -0.1) is 0 Å². The molecule has 2 rings (SSSR count). The van der Waals surface area contributed by atoms with Crippen LogP contribution in [0.15, 0.2) is 22.7 Å². The zero-order valence-electron chi connectivity index (χ0n) is 13.1. The van der Waals surface area contributed by atoms with Gasteiger partial charge in [0.1, 0.15) is 0 Å². The second-order valence-corrected chi connectivity index (χ2v) is 7.35. The van der Waals surface area contributed by atoms with Gasteiger partial charge in [-0.1, -0.05) is 49.7 Å². The Morgan fingerprint density at radius 3 is 2.65 bits per heavy atom. The molecule has 3 heteroatoms. The molecule has 0 aromatic heterocycles. The number of rotatable bonds is 4. The number of hydrogen-bond acceptors (Lipinski definition) is 2. The third kappa shape index (κ3) is 3.98. The fraction of sp³-hybridized carbons (Fsp3) is 0.647. The van der Waals surface area contributed by atoms with E-state index in [0.717, 1.165) is 18.4 Å². The summed E-state index contributed by atoms with van der Waals surface area (Å²) < 4.78 is 1.22. The Balaban J connectivity index is 2.05. The maximum atomic E-state index is 3.72. The van der Waals surface area contributed by atoms with Gasteiger partial charge >= 0.3 is 0 Å². The molecule has 1 saturated heterocycles. The summed E-state index contributed by atoms with van der Waals surface area (Å²) in [4.78, 5) is 2.52. The van der Waals surface area contributed by atoms with Gasteiger partial charge in [0.25, 0.3) is 0 Å². The van der Waals surface area contributed by atoms with Crippen LogP contribution in [0.5, 0.6) is 0 Å². The van der Waals surface area contributed by atoms with Crippen LogP contribution in [0.25, 0.3) is 0 Å². The normalized spacial score (nSPS) is 23.4. The van der Waals surface area contributed by atoms with Gasteiger partial charge in [-0.2, -0.15) is 0 Å². The Labute approximate surface area is 132 Å². The van der Waals surface area contributed by atoms with E-state index in [9.17, 15) is 0 Å². The SMILES string of the molecule is CC(C)NCc1ccc(N2CCC(C)C(C)C2)cc1Br. The van der Waals surface area contributed by atoms with Crippen molar-refractivity contribution < 1.29 is 0 Å². The maximum Gasteiger partial charge on any atom is 0.0377 e. The van der Waals surface area contributed by atoms with E-state index in [0.29, 0.717) is 6.04 Å². The van der Waals surface area contributed by atoms with E-state index in [1.165, 1.54) is 35.2 Å². The predicted molar refractivity (Wildman–Crippen MR) is 91.3 cm³/mol. The number of piperidine rings is 1. The molecule has 1 aliphatic rings. The van der Waals surface area contributed by atoms with Crippen LogP contribution in [-0.4, -0.2) is 19.1 Å². The van der Waals surface area contributed by atoms with Crippen LogP contribution in [0.4, 0.5) is 5.69 Å². The maximum absolute atomic E-state index is 3.72. The molecule has 0 spiro atoms. The Morgan fingerprint density at radius 2 is 2.05 bits per heavy atom. The summed E-state index contributed by atoms with van der Waals surface area (Å²) in [7, 11) is 0. The molecule has 2 atom stereocenters. The van der Waals surface area contributed by atoms with E-state index in [2.05, 4.69) is 72.0 Å². The quantitative estimate of drug-likeness (QED) is 0.873. The second-order valence-electron chi connectivity index (χ2n) is 6.50. The summed E-state index contributed by atoms with van der Waals surface area (Å²) in [6, 6.07) is 7.31. The predicted octanol–water partition coefficient (Wildman–Crippen LogP) is 4.43. The molecule has 1 aromatic rings. The largest absolute Gasteiger partial charge is 0.371 e. The van der Waals surface area contributed by atoms with Gasteiger partial charge in [0.2, 0.25) is 0 Å². The first-order valence-electron chi connectivity index (χ1n) is 7.74. The van der Waals surface area contributed by atoms with Crippen molar-refractivity contribution in [3.8, 4) is 0 Å². The lowest BCUT2D eigenvalue weighted by molar-refractivity contribution is 0.324. The van der Waals surface area contributed by atoms with Crippen molar-refractivity contribution in [2.45, 2.75) is 46.7 Å². The number of anilines is 1. The fourth-order valence-electron chi connectivity index (χ4n) is 2.69. The zero-order valence-corrected chi connectivity index (χ0v) is 14.7. The molecule has 0 saturated carbocycles. The number of halogens is 1. The van der Waals surface area contributed by atoms with Gasteiger partial charge in [0, 0.05) is 35.8 Å². The molecule has 1 aromatic carbocycles. The zero-order chi connectivity index (χ0) is 14.7. The van der Waals surface area contributed by atoms with Gasteiger partial charge in [0.15, 0.2) is 0 Å². The smallest absolute Gasteiger partial charge is 0.0377 e. The van der Waals surface area contributed by atoms with E-state index >= 15 is 0 Å². The van der Waals surface area contributed by atoms with Crippen LogP contribution in [0.3, 0.4) is 0 Å². The van der Waals surface area contributed by atoms with E-state index in [4.69, 9.17) is 0 Å². The van der Waals surface area contributed by atoms with Gasteiger partial charge in [-0.05, 0) is 36.0 Å². The lowest BCUT2D eigenvalue weighted by Crippen LogP contribution is -2.38. The summed E-state index contributed by atoms with van der Waals surface area (Å²) >= 11 is 3.72. The number of nitrogens with zero attached hydrogens (tertiary/aromatic N) is 1. The molecule has 1 N–H and O–H groups in total.